The summed E-state index contributed by atoms with van der Waals surface area (Å²) in [4.78, 5) is 22.6. The summed E-state index contributed by atoms with van der Waals surface area (Å²) in [6.07, 6.45) is 7.77. The highest BCUT2D eigenvalue weighted by Crippen LogP contribution is 2.02. The number of carboxylic acid groups (broad SMARTS) is 2. The fourth-order valence-electron chi connectivity index (χ4n) is 1.44. The Bertz CT molecular complexity index is 283. The van der Waals surface area contributed by atoms with Gasteiger partial charge in [0.2, 0.25) is 0 Å². The van der Waals surface area contributed by atoms with Gasteiger partial charge in [0, 0.05) is 13.0 Å². The number of rotatable bonds is 10. The van der Waals surface area contributed by atoms with Gasteiger partial charge in [-0.2, -0.15) is 0 Å². The van der Waals surface area contributed by atoms with Crippen LogP contribution in [-0.4, -0.2) is 46.7 Å². The summed E-state index contributed by atoms with van der Waals surface area (Å²) in [6, 6.07) is 0. The normalized spacial score (nSPS) is 10.1. The Balaban J connectivity index is 3.66. The lowest BCUT2D eigenvalue weighted by atomic mass is 10.2. The van der Waals surface area contributed by atoms with Crippen molar-refractivity contribution in [3.8, 4) is 12.3 Å². The SMILES string of the molecule is C#CCN(CCCCCC(=O)O)CCC(=O)O. The van der Waals surface area contributed by atoms with Gasteiger partial charge in [-0.05, 0) is 19.4 Å². The zero-order chi connectivity index (χ0) is 13.1. The van der Waals surface area contributed by atoms with Crippen LogP contribution in [0.15, 0.2) is 0 Å². The van der Waals surface area contributed by atoms with E-state index < -0.39 is 11.9 Å². The van der Waals surface area contributed by atoms with E-state index in [4.69, 9.17) is 16.6 Å². The van der Waals surface area contributed by atoms with Crippen molar-refractivity contribution < 1.29 is 19.8 Å². The van der Waals surface area contributed by atoms with Crippen molar-refractivity contribution in [2.75, 3.05) is 19.6 Å². The minimum Gasteiger partial charge on any atom is -0.481 e. The monoisotopic (exact) mass is 241 g/mol. The number of hydrogen-bond donors (Lipinski definition) is 2. The molecule has 0 bridgehead atoms. The molecule has 0 fully saturated rings. The molecule has 0 saturated heterocycles. The summed E-state index contributed by atoms with van der Waals surface area (Å²) < 4.78 is 0. The van der Waals surface area contributed by atoms with Crippen molar-refractivity contribution in [2.45, 2.75) is 32.1 Å². The molecule has 0 aromatic rings. The molecule has 5 nitrogen and oxygen atoms in total. The van der Waals surface area contributed by atoms with Gasteiger partial charge in [0.25, 0.3) is 0 Å². The number of aliphatic carboxylic acids is 2. The lowest BCUT2D eigenvalue weighted by Crippen LogP contribution is -2.28. The Kier molecular flexibility index (Phi) is 8.79. The first kappa shape index (κ1) is 15.5. The van der Waals surface area contributed by atoms with Crippen LogP contribution in [-0.2, 0) is 9.59 Å². The molecule has 0 heterocycles. The third-order valence-corrected chi connectivity index (χ3v) is 2.32. The first-order valence-electron chi connectivity index (χ1n) is 5.65. The topological polar surface area (TPSA) is 77.8 Å². The van der Waals surface area contributed by atoms with E-state index in [1.807, 2.05) is 4.90 Å². The van der Waals surface area contributed by atoms with E-state index in [1.54, 1.807) is 0 Å². The summed E-state index contributed by atoms with van der Waals surface area (Å²) in [5.41, 5.74) is 0. The number of carbonyl (C=O) groups is 2. The average molecular weight is 241 g/mol. The van der Waals surface area contributed by atoms with Gasteiger partial charge in [-0.25, -0.2) is 0 Å². The number of terminal acetylenes is 1. The van der Waals surface area contributed by atoms with Gasteiger partial charge in [0.05, 0.1) is 13.0 Å². The van der Waals surface area contributed by atoms with Gasteiger partial charge in [0.15, 0.2) is 0 Å². The second kappa shape index (κ2) is 9.67. The van der Waals surface area contributed by atoms with Crippen LogP contribution in [0.25, 0.3) is 0 Å². The molecule has 0 aliphatic carbocycles. The predicted octanol–water partition coefficient (Wildman–Crippen LogP) is 1.04. The Morgan fingerprint density at radius 1 is 1.00 bits per heavy atom. The largest absolute Gasteiger partial charge is 0.481 e. The maximum atomic E-state index is 10.4. The molecular formula is C12H19NO4. The van der Waals surface area contributed by atoms with E-state index in [1.165, 1.54) is 0 Å². The Hall–Kier alpha value is -1.54. The van der Waals surface area contributed by atoms with Crippen molar-refractivity contribution in [1.82, 2.24) is 4.90 Å². The van der Waals surface area contributed by atoms with Crippen LogP contribution in [0, 0.1) is 12.3 Å². The molecular weight excluding hydrogens is 222 g/mol. The third-order valence-electron chi connectivity index (χ3n) is 2.32. The first-order valence-corrected chi connectivity index (χ1v) is 5.65. The third kappa shape index (κ3) is 10.7. The van der Waals surface area contributed by atoms with Crippen LogP contribution >= 0.6 is 0 Å². The van der Waals surface area contributed by atoms with Crippen molar-refractivity contribution in [1.29, 1.82) is 0 Å². The number of unbranched alkanes of at least 4 members (excludes halogenated alkanes) is 2. The highest BCUT2D eigenvalue weighted by molar-refractivity contribution is 5.67. The molecule has 0 aliphatic rings. The average Bonchev–Trinajstić information content (AvgIpc) is 2.24. The van der Waals surface area contributed by atoms with E-state index in [-0.39, 0.29) is 12.8 Å². The second-order valence-corrected chi connectivity index (χ2v) is 3.83. The summed E-state index contributed by atoms with van der Waals surface area (Å²) in [6.45, 7) is 1.60. The maximum Gasteiger partial charge on any atom is 0.304 e. The molecule has 96 valence electrons. The van der Waals surface area contributed by atoms with Crippen LogP contribution < -0.4 is 0 Å². The van der Waals surface area contributed by atoms with Crippen molar-refractivity contribution in [3.63, 3.8) is 0 Å². The van der Waals surface area contributed by atoms with Gasteiger partial charge < -0.3 is 10.2 Å². The summed E-state index contributed by atoms with van der Waals surface area (Å²) >= 11 is 0. The van der Waals surface area contributed by atoms with Crippen LogP contribution in [0.2, 0.25) is 0 Å². The molecule has 0 unspecified atom stereocenters. The van der Waals surface area contributed by atoms with Crippen LogP contribution in [0.4, 0.5) is 0 Å². The minimum atomic E-state index is -0.835. The molecule has 0 spiro atoms. The van der Waals surface area contributed by atoms with E-state index in [9.17, 15) is 9.59 Å². The molecule has 2 N–H and O–H groups in total. The Morgan fingerprint density at radius 2 is 1.65 bits per heavy atom. The Labute approximate surface area is 101 Å². The van der Waals surface area contributed by atoms with Crippen LogP contribution in [0.3, 0.4) is 0 Å². The molecule has 0 saturated carbocycles. The second-order valence-electron chi connectivity index (χ2n) is 3.83. The molecule has 0 aliphatic heterocycles. The lowest BCUT2D eigenvalue weighted by Gasteiger charge is -2.18. The fraction of sp³-hybridized carbons (Fsp3) is 0.667. The van der Waals surface area contributed by atoms with E-state index >= 15 is 0 Å². The zero-order valence-electron chi connectivity index (χ0n) is 9.89. The summed E-state index contributed by atoms with van der Waals surface area (Å²) in [7, 11) is 0. The summed E-state index contributed by atoms with van der Waals surface area (Å²) in [5, 5.41) is 17.0. The van der Waals surface area contributed by atoms with Gasteiger partial charge in [-0.15, -0.1) is 6.42 Å². The van der Waals surface area contributed by atoms with Crippen molar-refractivity contribution in [3.05, 3.63) is 0 Å². The highest BCUT2D eigenvalue weighted by Gasteiger charge is 2.06. The molecule has 5 heteroatoms. The fourth-order valence-corrected chi connectivity index (χ4v) is 1.44. The lowest BCUT2D eigenvalue weighted by molar-refractivity contribution is -0.138. The maximum absolute atomic E-state index is 10.4. The molecule has 0 aromatic carbocycles. The minimum absolute atomic E-state index is 0.0802. The van der Waals surface area contributed by atoms with Gasteiger partial charge in [-0.1, -0.05) is 12.3 Å². The van der Waals surface area contributed by atoms with Gasteiger partial charge >= 0.3 is 11.9 Å². The predicted molar refractivity (Wildman–Crippen MR) is 63.6 cm³/mol. The molecule has 0 radical (unpaired) electrons. The first-order chi connectivity index (χ1) is 8.06. The smallest absolute Gasteiger partial charge is 0.304 e. The molecule has 0 atom stereocenters. The van der Waals surface area contributed by atoms with Gasteiger partial charge in [-0.3, -0.25) is 14.5 Å². The van der Waals surface area contributed by atoms with Crippen molar-refractivity contribution >= 4 is 11.9 Å². The number of carboxylic acids is 2. The van der Waals surface area contributed by atoms with E-state index in [2.05, 4.69) is 5.92 Å². The van der Waals surface area contributed by atoms with Crippen LogP contribution in [0.1, 0.15) is 32.1 Å². The quantitative estimate of drug-likeness (QED) is 0.441. The molecule has 0 aromatic heterocycles. The number of nitrogens with zero attached hydrogens (tertiary/aromatic N) is 1. The Morgan fingerprint density at radius 3 is 2.18 bits per heavy atom. The molecule has 0 amide bonds. The zero-order valence-corrected chi connectivity index (χ0v) is 9.89. The van der Waals surface area contributed by atoms with E-state index in [0.29, 0.717) is 19.5 Å². The summed E-state index contributed by atoms with van der Waals surface area (Å²) in [5.74, 6) is 0.873. The molecule has 17 heavy (non-hydrogen) atoms. The molecule has 0 rings (SSSR count). The van der Waals surface area contributed by atoms with Gasteiger partial charge in [0.1, 0.15) is 0 Å². The number of hydrogen-bond acceptors (Lipinski definition) is 3. The highest BCUT2D eigenvalue weighted by atomic mass is 16.4. The van der Waals surface area contributed by atoms with Crippen molar-refractivity contribution in [2.24, 2.45) is 0 Å². The van der Waals surface area contributed by atoms with E-state index in [0.717, 1.165) is 19.4 Å². The van der Waals surface area contributed by atoms with Crippen LogP contribution in [0.5, 0.6) is 0 Å². The standard InChI is InChI=1S/C12H19NO4/c1-2-8-13(10-7-12(16)17)9-5-3-4-6-11(14)15/h1H,3-10H2,(H,14,15)(H,16,17).